The van der Waals surface area contributed by atoms with Crippen molar-refractivity contribution in [3.8, 4) is 17.1 Å². The number of aryl methyl sites for hydroxylation is 3. The SMILES string of the molecule is C=C1/C=C/C(C(=N)N(C)CC)=C(/NC(C)CO)CN(C)CC(C)Oc2c(c(C)nn2C)-c2cc1c(C)cn2.CC. The lowest BCUT2D eigenvalue weighted by Gasteiger charge is -2.28. The number of hydrogen-bond acceptors (Lipinski definition) is 7. The maximum Gasteiger partial charge on any atom is 0.221 e. The van der Waals surface area contributed by atoms with Crippen LogP contribution in [-0.2, 0) is 7.05 Å². The standard InChI is InChI=1S/C29H43N7O2.C2H6/c1-10-35(8)28(30)23-12-11-18(2)24-13-25(31-14-19(24)3)27-22(6)33-36(9)29(27)38-21(5)15-34(7)16-26(23)32-20(4)17-37;1-2/h11-14,20-21,30,32,37H,2,10,15-17H2,1,3-9H3;1-2H3/b12-11+,26-23-,30-28?;. The molecule has 40 heavy (non-hydrogen) atoms. The van der Waals surface area contributed by atoms with Gasteiger partial charge in [-0.2, -0.15) is 5.10 Å². The van der Waals surface area contributed by atoms with Crippen LogP contribution < -0.4 is 10.1 Å². The summed E-state index contributed by atoms with van der Waals surface area (Å²) in [7, 11) is 5.82. The Morgan fingerprint density at radius 3 is 2.60 bits per heavy atom. The minimum atomic E-state index is -0.175. The minimum absolute atomic E-state index is 0.0189. The van der Waals surface area contributed by atoms with Crippen molar-refractivity contribution in [2.45, 2.75) is 60.6 Å². The fourth-order valence-corrected chi connectivity index (χ4v) is 4.59. The van der Waals surface area contributed by atoms with Gasteiger partial charge in [0.1, 0.15) is 11.9 Å². The average Bonchev–Trinajstić information content (AvgIpc) is 3.20. The molecule has 2 unspecified atom stereocenters. The molecule has 0 aliphatic carbocycles. The van der Waals surface area contributed by atoms with Gasteiger partial charge in [0.15, 0.2) is 0 Å². The van der Waals surface area contributed by atoms with E-state index in [4.69, 9.17) is 15.1 Å². The Hall–Kier alpha value is -3.43. The van der Waals surface area contributed by atoms with Crippen LogP contribution >= 0.6 is 0 Å². The number of fused-ring (bicyclic) bond motifs is 4. The number of rotatable bonds is 5. The van der Waals surface area contributed by atoms with Crippen LogP contribution in [0.3, 0.4) is 0 Å². The van der Waals surface area contributed by atoms with Crippen molar-refractivity contribution >= 4 is 11.4 Å². The third-order valence-electron chi connectivity index (χ3n) is 6.77. The van der Waals surface area contributed by atoms with E-state index >= 15 is 0 Å². The highest BCUT2D eigenvalue weighted by molar-refractivity contribution is 5.99. The Morgan fingerprint density at radius 1 is 1.30 bits per heavy atom. The van der Waals surface area contributed by atoms with Gasteiger partial charge in [-0.05, 0) is 70.5 Å². The fourth-order valence-electron chi connectivity index (χ4n) is 4.59. The van der Waals surface area contributed by atoms with Crippen molar-refractivity contribution in [3.63, 3.8) is 0 Å². The molecule has 2 aromatic rings. The van der Waals surface area contributed by atoms with Crippen molar-refractivity contribution in [3.05, 3.63) is 59.1 Å². The van der Waals surface area contributed by atoms with E-state index < -0.39 is 0 Å². The molecule has 3 rings (SSSR count). The summed E-state index contributed by atoms with van der Waals surface area (Å²) in [6.07, 6.45) is 5.62. The first-order valence-electron chi connectivity index (χ1n) is 14.1. The summed E-state index contributed by atoms with van der Waals surface area (Å²) in [6.45, 7) is 20.2. The number of hydrogen-bond donors (Lipinski definition) is 3. The summed E-state index contributed by atoms with van der Waals surface area (Å²) in [4.78, 5) is 8.78. The molecule has 9 nitrogen and oxygen atoms in total. The van der Waals surface area contributed by atoms with Gasteiger partial charge >= 0.3 is 0 Å². The largest absolute Gasteiger partial charge is 0.473 e. The Bertz CT molecular complexity index is 1240. The van der Waals surface area contributed by atoms with Crippen LogP contribution in [-0.4, -0.2) is 88.0 Å². The van der Waals surface area contributed by atoms with Gasteiger partial charge in [0.05, 0.1) is 23.6 Å². The molecule has 3 N–H and O–H groups in total. The quantitative estimate of drug-likeness (QED) is 0.370. The van der Waals surface area contributed by atoms with Crippen LogP contribution in [0.4, 0.5) is 0 Å². The normalized spacial score (nSPS) is 19.7. The molecule has 0 saturated heterocycles. The third-order valence-corrected chi connectivity index (χ3v) is 6.77. The van der Waals surface area contributed by atoms with E-state index in [1.807, 2.05) is 98.9 Å². The second-order valence-electron chi connectivity index (χ2n) is 10.2. The molecule has 2 aromatic heterocycles. The first kappa shape index (κ1) is 32.8. The number of nitrogens with zero attached hydrogens (tertiary/aromatic N) is 5. The first-order valence-corrected chi connectivity index (χ1v) is 14.1. The van der Waals surface area contributed by atoms with Gasteiger partial charge in [-0.3, -0.25) is 15.3 Å². The summed E-state index contributed by atoms with van der Waals surface area (Å²) in [5, 5.41) is 26.9. The topological polar surface area (TPSA) is 103 Å². The molecule has 9 heteroatoms. The average molecular weight is 552 g/mol. The van der Waals surface area contributed by atoms with Gasteiger partial charge in [0, 0.05) is 57.2 Å². The van der Waals surface area contributed by atoms with Crippen molar-refractivity contribution in [1.82, 2.24) is 29.9 Å². The zero-order chi connectivity index (χ0) is 30.1. The van der Waals surface area contributed by atoms with Crippen LogP contribution in [0.2, 0.25) is 0 Å². The van der Waals surface area contributed by atoms with E-state index in [0.29, 0.717) is 31.3 Å². The van der Waals surface area contributed by atoms with E-state index in [1.165, 1.54) is 0 Å². The number of aliphatic hydroxyl groups is 1. The van der Waals surface area contributed by atoms with Gasteiger partial charge < -0.3 is 20.1 Å². The van der Waals surface area contributed by atoms with Crippen LogP contribution in [0.15, 0.2) is 42.3 Å². The van der Waals surface area contributed by atoms with Gasteiger partial charge in [-0.25, -0.2) is 4.68 Å². The van der Waals surface area contributed by atoms with Crippen LogP contribution in [0.5, 0.6) is 5.88 Å². The number of likely N-dealkylation sites (N-methyl/N-ethyl adjacent to an activating group) is 2. The molecule has 0 saturated carbocycles. The predicted molar refractivity (Wildman–Crippen MR) is 166 cm³/mol. The van der Waals surface area contributed by atoms with Crippen molar-refractivity contribution in [2.24, 2.45) is 7.05 Å². The van der Waals surface area contributed by atoms with Crippen LogP contribution in [0, 0.1) is 19.3 Å². The number of aromatic nitrogens is 3. The summed E-state index contributed by atoms with van der Waals surface area (Å²) >= 11 is 0. The third kappa shape index (κ3) is 7.82. The number of ether oxygens (including phenoxy) is 1. The van der Waals surface area contributed by atoms with Crippen LogP contribution in [0.25, 0.3) is 16.8 Å². The Morgan fingerprint density at radius 2 is 1.98 bits per heavy atom. The Labute approximate surface area is 240 Å². The second-order valence-corrected chi connectivity index (χ2v) is 10.2. The summed E-state index contributed by atoms with van der Waals surface area (Å²) < 4.78 is 8.24. The summed E-state index contributed by atoms with van der Waals surface area (Å²) in [5.41, 5.74) is 6.89. The number of aliphatic hydroxyl groups excluding tert-OH is 1. The molecule has 2 atom stereocenters. The number of amidine groups is 1. The van der Waals surface area contributed by atoms with E-state index in [9.17, 15) is 5.11 Å². The highest BCUT2D eigenvalue weighted by Gasteiger charge is 2.23. The molecule has 1 aliphatic heterocycles. The van der Waals surface area contributed by atoms with Crippen LogP contribution in [0.1, 0.15) is 51.4 Å². The highest BCUT2D eigenvalue weighted by Crippen LogP contribution is 2.34. The zero-order valence-corrected chi connectivity index (χ0v) is 26.1. The lowest BCUT2D eigenvalue weighted by Crippen LogP contribution is -2.40. The maximum atomic E-state index is 9.80. The molecule has 1 aliphatic rings. The molecule has 220 valence electrons. The zero-order valence-electron chi connectivity index (χ0n) is 26.1. The molecule has 2 bridgehead atoms. The van der Waals surface area contributed by atoms with E-state index in [0.717, 1.165) is 44.9 Å². The summed E-state index contributed by atoms with van der Waals surface area (Å²) in [6, 6.07) is 1.86. The smallest absolute Gasteiger partial charge is 0.221 e. The van der Waals surface area contributed by atoms with Crippen molar-refractivity contribution in [2.75, 3.05) is 40.3 Å². The number of pyridine rings is 1. The Balaban J connectivity index is 0.00000274. The fraction of sp³-hybridized carbons (Fsp3) is 0.516. The van der Waals surface area contributed by atoms with Gasteiger partial charge in [-0.15, -0.1) is 0 Å². The molecule has 0 aromatic carbocycles. The number of allylic oxidation sites excluding steroid dienone is 2. The number of nitrogens with one attached hydrogen (secondary N) is 2. The molecule has 0 amide bonds. The molecule has 0 spiro atoms. The molecule has 0 radical (unpaired) electrons. The summed E-state index contributed by atoms with van der Waals surface area (Å²) in [5.74, 6) is 1.07. The van der Waals surface area contributed by atoms with Crippen molar-refractivity contribution < 1.29 is 9.84 Å². The van der Waals surface area contributed by atoms with Gasteiger partial charge in [0.25, 0.3) is 0 Å². The maximum absolute atomic E-state index is 9.80. The monoisotopic (exact) mass is 551 g/mol. The van der Waals surface area contributed by atoms with Crippen molar-refractivity contribution in [1.29, 1.82) is 5.41 Å². The highest BCUT2D eigenvalue weighted by atomic mass is 16.5. The molecule has 0 fully saturated rings. The second kappa shape index (κ2) is 14.8. The molecule has 3 heterocycles. The molecular formula is C31H49N7O2. The van der Waals surface area contributed by atoms with Gasteiger partial charge in [0.2, 0.25) is 5.88 Å². The van der Waals surface area contributed by atoms with E-state index in [1.54, 1.807) is 4.68 Å². The molecular weight excluding hydrogens is 502 g/mol. The predicted octanol–water partition coefficient (Wildman–Crippen LogP) is 4.56. The minimum Gasteiger partial charge on any atom is -0.473 e. The van der Waals surface area contributed by atoms with E-state index in [2.05, 4.69) is 21.9 Å². The Kier molecular flexibility index (Phi) is 12.1. The lowest BCUT2D eigenvalue weighted by molar-refractivity contribution is 0.155. The van der Waals surface area contributed by atoms with E-state index in [-0.39, 0.29) is 18.8 Å². The lowest BCUT2D eigenvalue weighted by atomic mass is 9.99. The first-order chi connectivity index (χ1) is 19.0. The van der Waals surface area contributed by atoms with Gasteiger partial charge in [-0.1, -0.05) is 26.5 Å².